The van der Waals surface area contributed by atoms with Gasteiger partial charge in [-0.1, -0.05) is 18.2 Å². The van der Waals surface area contributed by atoms with E-state index in [1.165, 1.54) is 5.56 Å². The number of thiophene rings is 1. The topological polar surface area (TPSA) is 29.1 Å². The first kappa shape index (κ1) is 9.60. The monoisotopic (exact) mass is 229 g/mol. The molecule has 0 radical (unpaired) electrons. The van der Waals surface area contributed by atoms with E-state index in [1.54, 1.807) is 11.3 Å². The molecule has 1 aromatic heterocycles. The van der Waals surface area contributed by atoms with E-state index in [9.17, 15) is 4.79 Å². The summed E-state index contributed by atoms with van der Waals surface area (Å²) in [7, 11) is 0. The van der Waals surface area contributed by atoms with Gasteiger partial charge in [0.15, 0.2) is 0 Å². The molecule has 1 N–H and O–H groups in total. The van der Waals surface area contributed by atoms with Gasteiger partial charge in [0.1, 0.15) is 0 Å². The molecule has 1 aromatic carbocycles. The van der Waals surface area contributed by atoms with Crippen LogP contribution in [0.4, 0.5) is 5.69 Å². The lowest BCUT2D eigenvalue weighted by Gasteiger charge is -2.06. The smallest absolute Gasteiger partial charge is 0.232 e. The minimum atomic E-state index is -0.0224. The molecule has 2 heterocycles. The Kier molecular flexibility index (Phi) is 2.26. The van der Waals surface area contributed by atoms with Crippen molar-refractivity contribution >= 4 is 22.9 Å². The van der Waals surface area contributed by atoms with Gasteiger partial charge in [0.2, 0.25) is 5.91 Å². The SMILES string of the molecule is O=C1Nc2ccccc2C1Cc1ccsc1. The minimum absolute atomic E-state index is 0.0224. The summed E-state index contributed by atoms with van der Waals surface area (Å²) >= 11 is 1.67. The van der Waals surface area contributed by atoms with E-state index in [0.29, 0.717) is 0 Å². The van der Waals surface area contributed by atoms with Crippen LogP contribution in [0.5, 0.6) is 0 Å². The number of hydrogen-bond acceptors (Lipinski definition) is 2. The van der Waals surface area contributed by atoms with Crippen LogP contribution in [0.15, 0.2) is 41.1 Å². The molecule has 0 spiro atoms. The summed E-state index contributed by atoms with van der Waals surface area (Å²) in [5.74, 6) is 0.0956. The van der Waals surface area contributed by atoms with Gasteiger partial charge in [-0.2, -0.15) is 11.3 Å². The predicted molar refractivity (Wildman–Crippen MR) is 65.8 cm³/mol. The maximum atomic E-state index is 11.8. The van der Waals surface area contributed by atoms with Crippen LogP contribution in [0.1, 0.15) is 17.0 Å². The van der Waals surface area contributed by atoms with Crippen molar-refractivity contribution < 1.29 is 4.79 Å². The van der Waals surface area contributed by atoms with E-state index in [1.807, 2.05) is 29.6 Å². The van der Waals surface area contributed by atoms with Crippen molar-refractivity contribution in [2.45, 2.75) is 12.3 Å². The average Bonchev–Trinajstić information content (AvgIpc) is 2.89. The Bertz CT molecular complexity index is 518. The summed E-state index contributed by atoms with van der Waals surface area (Å²) in [5, 5.41) is 7.08. The van der Waals surface area contributed by atoms with Crippen LogP contribution in [0.25, 0.3) is 0 Å². The molecule has 0 bridgehead atoms. The maximum absolute atomic E-state index is 11.8. The molecule has 0 fully saturated rings. The van der Waals surface area contributed by atoms with E-state index in [-0.39, 0.29) is 11.8 Å². The summed E-state index contributed by atoms with van der Waals surface area (Å²) in [6.07, 6.45) is 0.798. The second kappa shape index (κ2) is 3.76. The molecular formula is C13H11NOS. The van der Waals surface area contributed by atoms with Gasteiger partial charge >= 0.3 is 0 Å². The highest BCUT2D eigenvalue weighted by atomic mass is 32.1. The van der Waals surface area contributed by atoms with Gasteiger partial charge in [-0.3, -0.25) is 4.79 Å². The number of hydrogen-bond donors (Lipinski definition) is 1. The van der Waals surface area contributed by atoms with Crippen molar-refractivity contribution in [3.8, 4) is 0 Å². The second-order valence-corrected chi connectivity index (χ2v) is 4.74. The Hall–Kier alpha value is -1.61. The molecule has 2 nitrogen and oxygen atoms in total. The third kappa shape index (κ3) is 1.53. The number of rotatable bonds is 2. The first-order chi connectivity index (χ1) is 7.84. The number of anilines is 1. The fourth-order valence-corrected chi connectivity index (χ4v) is 2.80. The standard InChI is InChI=1S/C13H11NOS/c15-13-11(7-9-5-6-16-8-9)10-3-1-2-4-12(10)14-13/h1-6,8,11H,7H2,(H,14,15). The Morgan fingerprint density at radius 3 is 2.94 bits per heavy atom. The molecule has 3 rings (SSSR count). The lowest BCUT2D eigenvalue weighted by atomic mass is 9.94. The first-order valence-corrected chi connectivity index (χ1v) is 6.20. The molecule has 0 aliphatic carbocycles. The van der Waals surface area contributed by atoms with Gasteiger partial charge in [-0.25, -0.2) is 0 Å². The third-order valence-corrected chi connectivity index (χ3v) is 3.66. The van der Waals surface area contributed by atoms with Crippen LogP contribution in [0.3, 0.4) is 0 Å². The molecule has 3 heteroatoms. The Morgan fingerprint density at radius 2 is 2.12 bits per heavy atom. The van der Waals surface area contributed by atoms with Crippen molar-refractivity contribution in [1.82, 2.24) is 0 Å². The molecule has 80 valence electrons. The average molecular weight is 229 g/mol. The quantitative estimate of drug-likeness (QED) is 0.842. The lowest BCUT2D eigenvalue weighted by molar-refractivity contribution is -0.117. The highest BCUT2D eigenvalue weighted by Gasteiger charge is 2.29. The highest BCUT2D eigenvalue weighted by molar-refractivity contribution is 7.07. The lowest BCUT2D eigenvalue weighted by Crippen LogP contribution is -2.13. The zero-order valence-electron chi connectivity index (χ0n) is 8.64. The number of amides is 1. The van der Waals surface area contributed by atoms with Crippen LogP contribution in [0, 0.1) is 0 Å². The van der Waals surface area contributed by atoms with Gasteiger partial charge < -0.3 is 5.32 Å². The molecule has 16 heavy (non-hydrogen) atoms. The largest absolute Gasteiger partial charge is 0.325 e. The number of carbonyl (C=O) groups excluding carboxylic acids is 1. The van der Waals surface area contributed by atoms with Crippen molar-refractivity contribution in [3.63, 3.8) is 0 Å². The molecule has 0 saturated heterocycles. The van der Waals surface area contributed by atoms with Crippen molar-refractivity contribution in [3.05, 3.63) is 52.2 Å². The molecule has 1 unspecified atom stereocenters. The maximum Gasteiger partial charge on any atom is 0.232 e. The summed E-state index contributed by atoms with van der Waals surface area (Å²) in [5.41, 5.74) is 3.33. The summed E-state index contributed by atoms with van der Waals surface area (Å²) in [4.78, 5) is 11.8. The van der Waals surface area contributed by atoms with Crippen LogP contribution in [-0.2, 0) is 11.2 Å². The third-order valence-electron chi connectivity index (χ3n) is 2.93. The number of para-hydroxylation sites is 1. The van der Waals surface area contributed by atoms with Crippen LogP contribution < -0.4 is 5.32 Å². The number of benzene rings is 1. The van der Waals surface area contributed by atoms with Crippen LogP contribution in [-0.4, -0.2) is 5.91 Å². The molecular weight excluding hydrogens is 218 g/mol. The minimum Gasteiger partial charge on any atom is -0.325 e. The zero-order chi connectivity index (χ0) is 11.0. The van der Waals surface area contributed by atoms with Crippen LogP contribution >= 0.6 is 11.3 Å². The zero-order valence-corrected chi connectivity index (χ0v) is 9.46. The fourth-order valence-electron chi connectivity index (χ4n) is 2.12. The van der Waals surface area contributed by atoms with E-state index in [0.717, 1.165) is 17.7 Å². The van der Waals surface area contributed by atoms with E-state index in [2.05, 4.69) is 16.8 Å². The van der Waals surface area contributed by atoms with Gasteiger partial charge in [0, 0.05) is 5.69 Å². The second-order valence-electron chi connectivity index (χ2n) is 3.96. The molecule has 1 aliphatic heterocycles. The van der Waals surface area contributed by atoms with E-state index < -0.39 is 0 Å². The fraction of sp³-hybridized carbons (Fsp3) is 0.154. The highest BCUT2D eigenvalue weighted by Crippen LogP contribution is 2.34. The van der Waals surface area contributed by atoms with Gasteiger partial charge in [-0.05, 0) is 40.4 Å². The molecule has 2 aromatic rings. The Morgan fingerprint density at radius 1 is 1.25 bits per heavy atom. The molecule has 0 saturated carbocycles. The van der Waals surface area contributed by atoms with Gasteiger partial charge in [0.05, 0.1) is 5.92 Å². The number of carbonyl (C=O) groups is 1. The number of fused-ring (bicyclic) bond motifs is 1. The van der Waals surface area contributed by atoms with Crippen molar-refractivity contribution in [2.75, 3.05) is 5.32 Å². The predicted octanol–water partition coefficient (Wildman–Crippen LogP) is 3.03. The van der Waals surface area contributed by atoms with E-state index >= 15 is 0 Å². The van der Waals surface area contributed by atoms with Gasteiger partial charge in [-0.15, -0.1) is 0 Å². The Labute approximate surface area is 97.9 Å². The summed E-state index contributed by atoms with van der Waals surface area (Å²) in [6, 6.07) is 10.0. The normalized spacial score (nSPS) is 18.2. The first-order valence-electron chi connectivity index (χ1n) is 5.25. The molecule has 1 atom stereocenters. The van der Waals surface area contributed by atoms with Gasteiger partial charge in [0.25, 0.3) is 0 Å². The molecule has 1 aliphatic rings. The summed E-state index contributed by atoms with van der Waals surface area (Å²) < 4.78 is 0. The van der Waals surface area contributed by atoms with Crippen molar-refractivity contribution in [2.24, 2.45) is 0 Å². The van der Waals surface area contributed by atoms with E-state index in [4.69, 9.17) is 0 Å². The Balaban J connectivity index is 1.93. The molecule has 1 amide bonds. The van der Waals surface area contributed by atoms with Crippen LogP contribution in [0.2, 0.25) is 0 Å². The summed E-state index contributed by atoms with van der Waals surface area (Å²) in [6.45, 7) is 0. The number of nitrogens with one attached hydrogen (secondary N) is 1. The van der Waals surface area contributed by atoms with Crippen molar-refractivity contribution in [1.29, 1.82) is 0 Å².